The third kappa shape index (κ3) is 4.55. The maximum absolute atomic E-state index is 12.8. The van der Waals surface area contributed by atoms with Gasteiger partial charge in [0, 0.05) is 31.0 Å². The molecule has 2 rings (SSSR count). The maximum atomic E-state index is 12.8. The second-order valence-electron chi connectivity index (χ2n) is 5.99. The summed E-state index contributed by atoms with van der Waals surface area (Å²) in [5.74, 6) is -0.132. The molecular formula is C19H24N2O3. The van der Waals surface area contributed by atoms with Crippen molar-refractivity contribution in [2.75, 3.05) is 6.61 Å². The van der Waals surface area contributed by atoms with Gasteiger partial charge in [-0.1, -0.05) is 36.4 Å². The van der Waals surface area contributed by atoms with E-state index in [1.807, 2.05) is 37.3 Å². The average molecular weight is 328 g/mol. The summed E-state index contributed by atoms with van der Waals surface area (Å²) in [7, 11) is 0. The van der Waals surface area contributed by atoms with Gasteiger partial charge >= 0.3 is 0 Å². The molecule has 1 N–H and O–H groups in total. The number of pyridine rings is 1. The summed E-state index contributed by atoms with van der Waals surface area (Å²) < 4.78 is 1.43. The SMILES string of the molecule is Cc1cccn(CC(=O)N(Cc2ccccc2)C(C)CCO)c1=O. The highest BCUT2D eigenvalue weighted by atomic mass is 16.3. The first-order chi connectivity index (χ1) is 11.5. The van der Waals surface area contributed by atoms with Crippen LogP contribution in [0, 0.1) is 6.92 Å². The quantitative estimate of drug-likeness (QED) is 0.845. The van der Waals surface area contributed by atoms with Crippen LogP contribution in [0.15, 0.2) is 53.5 Å². The molecule has 0 saturated heterocycles. The average Bonchev–Trinajstić information content (AvgIpc) is 2.58. The number of rotatable bonds is 7. The Kier molecular flexibility index (Phi) is 6.32. The fourth-order valence-corrected chi connectivity index (χ4v) is 2.63. The highest BCUT2D eigenvalue weighted by Crippen LogP contribution is 2.12. The number of carbonyl (C=O) groups is 1. The largest absolute Gasteiger partial charge is 0.396 e. The third-order valence-electron chi connectivity index (χ3n) is 4.11. The zero-order valence-electron chi connectivity index (χ0n) is 14.2. The summed E-state index contributed by atoms with van der Waals surface area (Å²) in [6.45, 7) is 4.13. The van der Waals surface area contributed by atoms with E-state index in [0.29, 0.717) is 18.5 Å². The summed E-state index contributed by atoms with van der Waals surface area (Å²) in [5, 5.41) is 9.21. The van der Waals surface area contributed by atoms with Crippen LogP contribution in [-0.2, 0) is 17.9 Å². The predicted molar refractivity (Wildman–Crippen MR) is 93.6 cm³/mol. The van der Waals surface area contributed by atoms with Gasteiger partial charge in [0.05, 0.1) is 0 Å². The smallest absolute Gasteiger partial charge is 0.253 e. The number of aliphatic hydroxyl groups excluding tert-OH is 1. The Hall–Kier alpha value is -2.40. The molecule has 24 heavy (non-hydrogen) atoms. The molecular weight excluding hydrogens is 304 g/mol. The lowest BCUT2D eigenvalue weighted by molar-refractivity contribution is -0.134. The molecule has 128 valence electrons. The Morgan fingerprint density at radius 2 is 1.92 bits per heavy atom. The van der Waals surface area contributed by atoms with Gasteiger partial charge in [0.15, 0.2) is 0 Å². The molecule has 0 radical (unpaired) electrons. The molecule has 5 nitrogen and oxygen atoms in total. The summed E-state index contributed by atoms with van der Waals surface area (Å²) in [6.07, 6.45) is 2.13. The number of aromatic nitrogens is 1. The van der Waals surface area contributed by atoms with E-state index in [1.165, 1.54) is 4.57 Å². The van der Waals surface area contributed by atoms with Crippen LogP contribution in [0.1, 0.15) is 24.5 Å². The zero-order chi connectivity index (χ0) is 17.5. The lowest BCUT2D eigenvalue weighted by Crippen LogP contribution is -2.42. The van der Waals surface area contributed by atoms with Crippen molar-refractivity contribution in [2.24, 2.45) is 0 Å². The van der Waals surface area contributed by atoms with E-state index in [4.69, 9.17) is 0 Å². The minimum atomic E-state index is -0.152. The molecule has 0 aliphatic heterocycles. The van der Waals surface area contributed by atoms with Crippen LogP contribution in [0.5, 0.6) is 0 Å². The van der Waals surface area contributed by atoms with E-state index >= 15 is 0 Å². The highest BCUT2D eigenvalue weighted by molar-refractivity contribution is 5.76. The molecule has 1 amide bonds. The van der Waals surface area contributed by atoms with Crippen LogP contribution >= 0.6 is 0 Å². The molecule has 0 bridgehead atoms. The number of hydrogen-bond donors (Lipinski definition) is 1. The van der Waals surface area contributed by atoms with Gasteiger partial charge in [-0.3, -0.25) is 9.59 Å². The Balaban J connectivity index is 2.20. The van der Waals surface area contributed by atoms with E-state index in [9.17, 15) is 14.7 Å². The fourth-order valence-electron chi connectivity index (χ4n) is 2.63. The Bertz CT molecular complexity index is 725. The molecule has 1 unspecified atom stereocenters. The molecule has 1 aromatic carbocycles. The molecule has 0 spiro atoms. The van der Waals surface area contributed by atoms with Crippen molar-refractivity contribution in [3.05, 3.63) is 70.1 Å². The number of nitrogens with zero attached hydrogens (tertiary/aromatic N) is 2. The molecule has 1 aromatic heterocycles. The maximum Gasteiger partial charge on any atom is 0.253 e. The van der Waals surface area contributed by atoms with Crippen molar-refractivity contribution < 1.29 is 9.90 Å². The number of hydrogen-bond acceptors (Lipinski definition) is 3. The second-order valence-corrected chi connectivity index (χ2v) is 5.99. The molecule has 5 heteroatoms. The number of amides is 1. The van der Waals surface area contributed by atoms with Crippen LogP contribution in [0.25, 0.3) is 0 Å². The van der Waals surface area contributed by atoms with Crippen LogP contribution in [0.2, 0.25) is 0 Å². The van der Waals surface area contributed by atoms with E-state index in [1.54, 1.807) is 30.2 Å². The van der Waals surface area contributed by atoms with Gasteiger partial charge in [0.2, 0.25) is 5.91 Å². The lowest BCUT2D eigenvalue weighted by Gasteiger charge is -2.29. The van der Waals surface area contributed by atoms with Crippen molar-refractivity contribution >= 4 is 5.91 Å². The van der Waals surface area contributed by atoms with Crippen LogP contribution in [0.4, 0.5) is 0 Å². The Morgan fingerprint density at radius 1 is 1.21 bits per heavy atom. The minimum Gasteiger partial charge on any atom is -0.396 e. The van der Waals surface area contributed by atoms with E-state index in [2.05, 4.69) is 0 Å². The molecule has 0 aliphatic rings. The first-order valence-corrected chi connectivity index (χ1v) is 8.13. The van der Waals surface area contributed by atoms with Crippen LogP contribution < -0.4 is 5.56 Å². The summed E-state index contributed by atoms with van der Waals surface area (Å²) >= 11 is 0. The van der Waals surface area contributed by atoms with Crippen molar-refractivity contribution in [1.29, 1.82) is 0 Å². The Labute approximate surface area is 142 Å². The summed E-state index contributed by atoms with van der Waals surface area (Å²) in [6, 6.07) is 13.1. The molecule has 1 atom stereocenters. The van der Waals surface area contributed by atoms with Gasteiger partial charge in [-0.2, -0.15) is 0 Å². The number of aryl methyl sites for hydroxylation is 1. The van der Waals surface area contributed by atoms with Crippen molar-refractivity contribution in [1.82, 2.24) is 9.47 Å². The third-order valence-corrected chi connectivity index (χ3v) is 4.11. The molecule has 1 heterocycles. The molecule has 0 aliphatic carbocycles. The Morgan fingerprint density at radius 3 is 2.58 bits per heavy atom. The monoisotopic (exact) mass is 328 g/mol. The molecule has 0 saturated carbocycles. The van der Waals surface area contributed by atoms with E-state index in [-0.39, 0.29) is 30.7 Å². The number of aliphatic hydroxyl groups is 1. The van der Waals surface area contributed by atoms with Crippen molar-refractivity contribution in [3.8, 4) is 0 Å². The minimum absolute atomic E-state index is 0.00309. The topological polar surface area (TPSA) is 62.5 Å². The van der Waals surface area contributed by atoms with Gasteiger partial charge in [0.1, 0.15) is 6.54 Å². The molecule has 0 fully saturated rings. The van der Waals surface area contributed by atoms with Gasteiger partial charge in [0.25, 0.3) is 5.56 Å². The summed E-state index contributed by atoms with van der Waals surface area (Å²) in [5.41, 5.74) is 1.48. The first-order valence-electron chi connectivity index (χ1n) is 8.13. The zero-order valence-corrected chi connectivity index (χ0v) is 14.2. The van der Waals surface area contributed by atoms with Gasteiger partial charge in [-0.25, -0.2) is 0 Å². The van der Waals surface area contributed by atoms with Crippen molar-refractivity contribution in [3.63, 3.8) is 0 Å². The highest BCUT2D eigenvalue weighted by Gasteiger charge is 2.20. The molecule has 2 aromatic rings. The van der Waals surface area contributed by atoms with E-state index < -0.39 is 0 Å². The van der Waals surface area contributed by atoms with Gasteiger partial charge in [-0.15, -0.1) is 0 Å². The lowest BCUT2D eigenvalue weighted by atomic mass is 10.1. The predicted octanol–water partition coefficient (Wildman–Crippen LogP) is 1.96. The number of benzene rings is 1. The van der Waals surface area contributed by atoms with Gasteiger partial charge < -0.3 is 14.6 Å². The van der Waals surface area contributed by atoms with E-state index in [0.717, 1.165) is 5.56 Å². The standard InChI is InChI=1S/C19H24N2O3/c1-15-7-6-11-20(19(15)24)14-18(23)21(16(2)10-12-22)13-17-8-4-3-5-9-17/h3-9,11,16,22H,10,12-14H2,1-2H3. The normalized spacial score (nSPS) is 12.0. The van der Waals surface area contributed by atoms with Gasteiger partial charge in [-0.05, 0) is 31.9 Å². The fraction of sp³-hybridized carbons (Fsp3) is 0.368. The summed E-state index contributed by atoms with van der Waals surface area (Å²) in [4.78, 5) is 26.6. The van der Waals surface area contributed by atoms with Crippen LogP contribution in [0.3, 0.4) is 0 Å². The van der Waals surface area contributed by atoms with Crippen molar-refractivity contribution in [2.45, 2.75) is 39.4 Å². The second kappa shape index (κ2) is 8.45. The van der Waals surface area contributed by atoms with Crippen LogP contribution in [-0.4, -0.2) is 33.1 Å². The number of carbonyl (C=O) groups excluding carboxylic acids is 1. The first kappa shape index (κ1) is 17.9.